The van der Waals surface area contributed by atoms with Crippen molar-refractivity contribution in [2.75, 3.05) is 6.61 Å². The van der Waals surface area contributed by atoms with Gasteiger partial charge in [-0.15, -0.1) is 0 Å². The predicted molar refractivity (Wildman–Crippen MR) is 61.4 cm³/mol. The zero-order chi connectivity index (χ0) is 12.0. The van der Waals surface area contributed by atoms with Crippen LogP contribution in [0.3, 0.4) is 0 Å². The van der Waals surface area contributed by atoms with Crippen LogP contribution in [0.2, 0.25) is 0 Å². The first-order valence-electron chi connectivity index (χ1n) is 5.30. The van der Waals surface area contributed by atoms with Gasteiger partial charge in [0.15, 0.2) is 11.5 Å². The molecule has 5 heteroatoms. The van der Waals surface area contributed by atoms with E-state index in [1.54, 1.807) is 12.1 Å². The molecule has 0 fully saturated rings. The molecule has 1 aliphatic rings. The highest BCUT2D eigenvalue weighted by Crippen LogP contribution is 2.41. The molecule has 5 nitrogen and oxygen atoms in total. The number of pyridine rings is 1. The van der Waals surface area contributed by atoms with Gasteiger partial charge in [-0.05, 0) is 24.6 Å². The summed E-state index contributed by atoms with van der Waals surface area (Å²) in [7, 11) is 0. The Bertz CT molecular complexity index is 647. The van der Waals surface area contributed by atoms with E-state index in [-0.39, 0.29) is 12.2 Å². The summed E-state index contributed by atoms with van der Waals surface area (Å²) in [6.45, 7) is 1.67. The van der Waals surface area contributed by atoms with E-state index in [0.29, 0.717) is 11.5 Å². The van der Waals surface area contributed by atoms with Crippen LogP contribution in [-0.4, -0.2) is 23.0 Å². The van der Waals surface area contributed by atoms with Crippen molar-refractivity contribution >= 4 is 10.9 Å². The zero-order valence-electron chi connectivity index (χ0n) is 9.19. The van der Waals surface area contributed by atoms with E-state index in [9.17, 15) is 4.79 Å². The van der Waals surface area contributed by atoms with Crippen molar-refractivity contribution in [3.05, 3.63) is 34.1 Å². The minimum atomic E-state index is -0.665. The summed E-state index contributed by atoms with van der Waals surface area (Å²) in [5, 5.41) is 9.80. The molecule has 3 rings (SSSR count). The fourth-order valence-electron chi connectivity index (χ4n) is 2.02. The molecule has 0 saturated carbocycles. The maximum Gasteiger partial charge on any atom is 0.264 e. The second-order valence-electron chi connectivity index (χ2n) is 3.98. The van der Waals surface area contributed by atoms with Crippen LogP contribution in [0.5, 0.6) is 11.5 Å². The number of H-pyrrole nitrogens is 1. The first-order chi connectivity index (χ1) is 8.19. The molecule has 0 radical (unpaired) electrons. The molecule has 0 aliphatic carbocycles. The highest BCUT2D eigenvalue weighted by atomic mass is 16.7. The van der Waals surface area contributed by atoms with Gasteiger partial charge < -0.3 is 19.6 Å². The lowest BCUT2D eigenvalue weighted by molar-refractivity contribution is -0.000283. The smallest absolute Gasteiger partial charge is 0.264 e. The topological polar surface area (TPSA) is 71.6 Å². The summed E-state index contributed by atoms with van der Waals surface area (Å²) < 4.78 is 10.9. The third-order valence-corrected chi connectivity index (χ3v) is 2.79. The van der Waals surface area contributed by atoms with Crippen molar-refractivity contribution in [2.45, 2.75) is 13.2 Å². The van der Waals surface area contributed by atoms with Crippen LogP contribution < -0.4 is 15.0 Å². The van der Waals surface area contributed by atoms with Crippen LogP contribution >= 0.6 is 0 Å². The van der Waals surface area contributed by atoms with Gasteiger partial charge in [0.05, 0.1) is 5.52 Å². The molecule has 1 aromatic heterocycles. The Morgan fingerprint density at radius 3 is 3.00 bits per heavy atom. The first kappa shape index (κ1) is 10.2. The number of ether oxygens (including phenoxy) is 2. The number of benzene rings is 1. The van der Waals surface area contributed by atoms with Crippen LogP contribution in [0, 0.1) is 6.92 Å². The van der Waals surface area contributed by atoms with E-state index in [1.807, 2.05) is 6.92 Å². The molecule has 2 aromatic rings. The molecule has 88 valence electrons. The molecule has 1 aliphatic heterocycles. The lowest BCUT2D eigenvalue weighted by Crippen LogP contribution is -2.22. The number of fused-ring (bicyclic) bond motifs is 3. The molecule has 0 bridgehead atoms. The molecule has 0 amide bonds. The molecule has 1 unspecified atom stereocenters. The predicted octanol–water partition coefficient (Wildman–Crippen LogP) is 0.926. The number of rotatable bonds is 1. The largest absolute Gasteiger partial charge is 0.448 e. The van der Waals surface area contributed by atoms with Crippen molar-refractivity contribution in [3.63, 3.8) is 0 Å². The Morgan fingerprint density at radius 1 is 1.41 bits per heavy atom. The lowest BCUT2D eigenvalue weighted by Gasteiger charge is -2.05. The number of hydrogen-bond acceptors (Lipinski definition) is 4. The average Bonchev–Trinajstić information content (AvgIpc) is 2.72. The van der Waals surface area contributed by atoms with E-state index in [2.05, 4.69) is 4.98 Å². The summed E-state index contributed by atoms with van der Waals surface area (Å²) >= 11 is 0. The number of aliphatic hydroxyl groups is 1. The number of nitrogens with one attached hydrogen (secondary N) is 1. The van der Waals surface area contributed by atoms with E-state index >= 15 is 0 Å². The Kier molecular flexibility index (Phi) is 2.09. The third kappa shape index (κ3) is 1.47. The Labute approximate surface area is 96.6 Å². The molecular formula is C12H11NO4. The number of aromatic nitrogens is 1. The summed E-state index contributed by atoms with van der Waals surface area (Å²) in [5.74, 6) is 1.17. The van der Waals surface area contributed by atoms with Gasteiger partial charge in [-0.1, -0.05) is 0 Å². The van der Waals surface area contributed by atoms with Gasteiger partial charge >= 0.3 is 0 Å². The van der Waals surface area contributed by atoms with Crippen molar-refractivity contribution < 1.29 is 14.6 Å². The number of aryl methyl sites for hydroxylation is 1. The van der Waals surface area contributed by atoms with E-state index in [0.717, 1.165) is 16.5 Å². The van der Waals surface area contributed by atoms with Gasteiger partial charge in [-0.3, -0.25) is 4.79 Å². The third-order valence-electron chi connectivity index (χ3n) is 2.79. The maximum absolute atomic E-state index is 11.3. The molecule has 0 saturated heterocycles. The van der Waals surface area contributed by atoms with Gasteiger partial charge in [-0.2, -0.15) is 0 Å². The van der Waals surface area contributed by atoms with Crippen LogP contribution in [0.1, 0.15) is 5.56 Å². The standard InChI is InChI=1S/C12H11NO4/c1-6-4-8-12(17-10(5-14)16-8)7-2-3-9(15)13-11(6)7/h2-4,10,14H,5H2,1H3,(H,13,15). The van der Waals surface area contributed by atoms with Gasteiger partial charge in [0, 0.05) is 11.5 Å². The maximum atomic E-state index is 11.3. The fourth-order valence-corrected chi connectivity index (χ4v) is 2.02. The summed E-state index contributed by atoms with van der Waals surface area (Å²) in [4.78, 5) is 14.1. The van der Waals surface area contributed by atoms with Crippen LogP contribution in [0.15, 0.2) is 23.0 Å². The molecular weight excluding hydrogens is 222 g/mol. The second-order valence-corrected chi connectivity index (χ2v) is 3.98. The van der Waals surface area contributed by atoms with Crippen LogP contribution in [0.4, 0.5) is 0 Å². The van der Waals surface area contributed by atoms with Crippen molar-refractivity contribution in [1.82, 2.24) is 4.98 Å². The minimum Gasteiger partial charge on any atom is -0.448 e. The Hall–Kier alpha value is -2.01. The highest BCUT2D eigenvalue weighted by molar-refractivity contribution is 5.90. The summed E-state index contributed by atoms with van der Waals surface area (Å²) in [5.41, 5.74) is 1.48. The summed E-state index contributed by atoms with van der Waals surface area (Å²) in [6, 6.07) is 4.93. The molecule has 2 heterocycles. The van der Waals surface area contributed by atoms with Gasteiger partial charge in [0.25, 0.3) is 6.29 Å². The lowest BCUT2D eigenvalue weighted by atomic mass is 10.1. The SMILES string of the molecule is Cc1cc2c(c3ccc(=O)[nH]c13)OC(CO)O2. The summed E-state index contributed by atoms with van der Waals surface area (Å²) in [6.07, 6.45) is -0.665. The zero-order valence-corrected chi connectivity index (χ0v) is 9.19. The quantitative estimate of drug-likeness (QED) is 0.768. The van der Waals surface area contributed by atoms with E-state index in [1.165, 1.54) is 6.07 Å². The minimum absolute atomic E-state index is 0.154. The highest BCUT2D eigenvalue weighted by Gasteiger charge is 2.26. The Morgan fingerprint density at radius 2 is 2.24 bits per heavy atom. The van der Waals surface area contributed by atoms with Crippen LogP contribution in [-0.2, 0) is 0 Å². The van der Waals surface area contributed by atoms with Crippen molar-refractivity contribution in [2.24, 2.45) is 0 Å². The molecule has 1 aromatic carbocycles. The number of aromatic amines is 1. The number of hydrogen-bond donors (Lipinski definition) is 2. The molecule has 1 atom stereocenters. The van der Waals surface area contributed by atoms with Gasteiger partial charge in [0.2, 0.25) is 5.56 Å². The van der Waals surface area contributed by atoms with Crippen LogP contribution in [0.25, 0.3) is 10.9 Å². The fraction of sp³-hybridized carbons (Fsp3) is 0.250. The van der Waals surface area contributed by atoms with Crippen molar-refractivity contribution in [3.8, 4) is 11.5 Å². The second kappa shape index (κ2) is 3.49. The van der Waals surface area contributed by atoms with Gasteiger partial charge in [0.1, 0.15) is 6.61 Å². The van der Waals surface area contributed by atoms with Crippen molar-refractivity contribution in [1.29, 1.82) is 0 Å². The molecule has 17 heavy (non-hydrogen) atoms. The number of aliphatic hydroxyl groups excluding tert-OH is 1. The monoisotopic (exact) mass is 233 g/mol. The normalized spacial score (nSPS) is 17.6. The molecule has 0 spiro atoms. The average molecular weight is 233 g/mol. The van der Waals surface area contributed by atoms with E-state index in [4.69, 9.17) is 14.6 Å². The van der Waals surface area contributed by atoms with E-state index < -0.39 is 6.29 Å². The Balaban J connectivity index is 2.30. The first-order valence-corrected chi connectivity index (χ1v) is 5.30. The van der Waals surface area contributed by atoms with Gasteiger partial charge in [-0.25, -0.2) is 0 Å². The molecule has 2 N–H and O–H groups in total.